The minimum Gasteiger partial charge on any atom is -0.457 e. The Kier molecular flexibility index (Phi) is 12.0. The van der Waals surface area contributed by atoms with E-state index >= 15 is 0 Å². The van der Waals surface area contributed by atoms with Crippen LogP contribution in [0.15, 0.2) is 109 Å². The number of hydrogen-bond donors (Lipinski definition) is 4. The van der Waals surface area contributed by atoms with E-state index in [1.165, 1.54) is 0 Å². The number of amides is 2. The van der Waals surface area contributed by atoms with Crippen LogP contribution in [-0.4, -0.2) is 43.3 Å². The maximum atomic E-state index is 12.7. The lowest BCUT2D eigenvalue weighted by molar-refractivity contribution is -0.117. The number of hydrogen-bond acceptors (Lipinski definition) is 5. The van der Waals surface area contributed by atoms with Crippen molar-refractivity contribution in [2.45, 2.75) is 13.1 Å². The third-order valence-corrected chi connectivity index (χ3v) is 7.24. The first kappa shape index (κ1) is 32.0. The highest BCUT2D eigenvalue weighted by Gasteiger charge is 2.14. The Morgan fingerprint density at radius 1 is 0.581 bits per heavy atom. The van der Waals surface area contributed by atoms with Gasteiger partial charge in [0.25, 0.3) is 0 Å². The zero-order chi connectivity index (χ0) is 30.6. The average Bonchev–Trinajstić information content (AvgIpc) is 2.99. The predicted octanol–water partition coefficient (Wildman–Crippen LogP) is 6.79. The molecule has 7 nitrogen and oxygen atoms in total. The van der Waals surface area contributed by atoms with Gasteiger partial charge in [0.2, 0.25) is 11.8 Å². The Morgan fingerprint density at radius 3 is 1.26 bits per heavy atom. The molecule has 0 aliphatic heterocycles. The molecule has 0 bridgehead atoms. The summed E-state index contributed by atoms with van der Waals surface area (Å²) in [5, 5.41) is 5.75. The number of nitrogens with zero attached hydrogens (tertiary/aromatic N) is 2. The molecule has 0 heterocycles. The molecule has 4 aromatic rings. The van der Waals surface area contributed by atoms with E-state index in [4.69, 9.17) is 29.2 Å². The Morgan fingerprint density at radius 2 is 0.930 bits per heavy atom. The van der Waals surface area contributed by atoms with Crippen LogP contribution >= 0.6 is 49.7 Å². The number of rotatable bonds is 12. The normalized spacial score (nSPS) is 10.4. The van der Waals surface area contributed by atoms with Crippen LogP contribution < -0.4 is 15.4 Å². The van der Waals surface area contributed by atoms with Crippen LogP contribution in [0.2, 0.25) is 0 Å². The van der Waals surface area contributed by atoms with Gasteiger partial charge in [-0.2, -0.15) is 0 Å². The molecule has 0 aromatic heterocycles. The molecular weight excluding hydrogens is 617 g/mol. The molecule has 4 rings (SSSR count). The van der Waals surface area contributed by atoms with Gasteiger partial charge in [0.15, 0.2) is 0 Å². The Balaban J connectivity index is 1.25. The maximum Gasteiger partial charge on any atom is 0.243 e. The monoisotopic (exact) mass is 646 g/mol. The zero-order valence-electron chi connectivity index (χ0n) is 23.1. The van der Waals surface area contributed by atoms with Crippen molar-refractivity contribution in [3.8, 4) is 11.5 Å². The lowest BCUT2D eigenvalue weighted by atomic mass is 10.2. The SMILES string of the molecule is O=C(CN(Cc1ccccc1)C(=S)S)Nc1ccc(Oc2ccc(NC(=O)CN(Cc3ccccc3)C(=S)S)cc2)cc1. The molecule has 220 valence electrons. The number of thiocarbonyl (C=S) groups is 2. The van der Waals surface area contributed by atoms with Crippen molar-refractivity contribution in [3.63, 3.8) is 0 Å². The lowest BCUT2D eigenvalue weighted by Crippen LogP contribution is -2.34. The summed E-state index contributed by atoms with van der Waals surface area (Å²) in [5.41, 5.74) is 3.32. The molecule has 4 aromatic carbocycles. The van der Waals surface area contributed by atoms with Gasteiger partial charge in [-0.1, -0.05) is 85.1 Å². The average molecular weight is 647 g/mol. The molecule has 2 amide bonds. The molecule has 0 radical (unpaired) electrons. The molecule has 0 fully saturated rings. The molecule has 0 aliphatic rings. The minimum absolute atomic E-state index is 0.0742. The van der Waals surface area contributed by atoms with Gasteiger partial charge < -0.3 is 25.2 Å². The lowest BCUT2D eigenvalue weighted by Gasteiger charge is -2.22. The molecule has 2 N–H and O–H groups in total. The van der Waals surface area contributed by atoms with E-state index in [0.29, 0.717) is 44.6 Å². The Bertz CT molecular complexity index is 1420. The Labute approximate surface area is 273 Å². The van der Waals surface area contributed by atoms with Crippen LogP contribution in [0.5, 0.6) is 11.5 Å². The van der Waals surface area contributed by atoms with Gasteiger partial charge in [-0.05, 0) is 59.7 Å². The van der Waals surface area contributed by atoms with Crippen LogP contribution in [0.25, 0.3) is 0 Å². The van der Waals surface area contributed by atoms with Crippen molar-refractivity contribution < 1.29 is 14.3 Å². The van der Waals surface area contributed by atoms with Crippen molar-refractivity contribution in [3.05, 3.63) is 120 Å². The number of anilines is 2. The molecule has 43 heavy (non-hydrogen) atoms. The van der Waals surface area contributed by atoms with Gasteiger partial charge in [-0.25, -0.2) is 0 Å². The van der Waals surface area contributed by atoms with Crippen molar-refractivity contribution in [1.82, 2.24) is 9.80 Å². The molecule has 11 heteroatoms. The molecule has 0 unspecified atom stereocenters. The highest BCUT2D eigenvalue weighted by molar-refractivity contribution is 8.11. The van der Waals surface area contributed by atoms with E-state index in [2.05, 4.69) is 35.9 Å². The summed E-state index contributed by atoms with van der Waals surface area (Å²) in [6, 6.07) is 33.6. The minimum atomic E-state index is -0.210. The second-order valence-electron chi connectivity index (χ2n) is 9.50. The quantitative estimate of drug-likeness (QED) is 0.0998. The summed E-state index contributed by atoms with van der Waals surface area (Å²) in [6.45, 7) is 1.13. The van der Waals surface area contributed by atoms with E-state index in [0.717, 1.165) is 11.1 Å². The van der Waals surface area contributed by atoms with Gasteiger partial charge in [0.05, 0.1) is 13.1 Å². The van der Waals surface area contributed by atoms with E-state index in [-0.39, 0.29) is 24.9 Å². The van der Waals surface area contributed by atoms with E-state index in [9.17, 15) is 9.59 Å². The number of benzene rings is 4. The summed E-state index contributed by atoms with van der Waals surface area (Å²) >= 11 is 19.0. The van der Waals surface area contributed by atoms with Crippen LogP contribution in [0.1, 0.15) is 11.1 Å². The number of thiol groups is 2. The van der Waals surface area contributed by atoms with Crippen molar-refractivity contribution in [2.24, 2.45) is 0 Å². The molecule has 0 saturated heterocycles. The third-order valence-electron chi connectivity index (χ3n) is 6.15. The number of nitrogens with one attached hydrogen (secondary N) is 2. The summed E-state index contributed by atoms with van der Waals surface area (Å²) in [7, 11) is 0. The van der Waals surface area contributed by atoms with E-state index in [1.54, 1.807) is 58.3 Å². The molecule has 0 aliphatic carbocycles. The number of carbonyl (C=O) groups excluding carboxylic acids is 2. The second-order valence-corrected chi connectivity index (χ2v) is 11.7. The van der Waals surface area contributed by atoms with Gasteiger partial charge >= 0.3 is 0 Å². The highest BCUT2D eigenvalue weighted by Crippen LogP contribution is 2.24. The fourth-order valence-corrected chi connectivity index (χ4v) is 4.63. The Hall–Kier alpha value is -3.90. The second kappa shape index (κ2) is 16.1. The smallest absolute Gasteiger partial charge is 0.243 e. The predicted molar refractivity (Wildman–Crippen MR) is 187 cm³/mol. The standard InChI is InChI=1S/C32H30N4O3S4/c37-29(21-35(31(40)41)19-23-7-3-1-4-8-23)33-25-11-15-27(16-12-25)39-28-17-13-26(14-18-28)34-30(38)22-36(32(42)43)20-24-9-5-2-6-10-24/h1-18H,19-22H2,(H,33,37)(H,34,38)(H,40,41)(H,42,43). The van der Waals surface area contributed by atoms with Crippen LogP contribution in [0, 0.1) is 0 Å². The van der Waals surface area contributed by atoms with Crippen molar-refractivity contribution in [1.29, 1.82) is 0 Å². The van der Waals surface area contributed by atoms with E-state index < -0.39 is 0 Å². The summed E-state index contributed by atoms with van der Waals surface area (Å²) < 4.78 is 6.62. The first-order valence-electron chi connectivity index (χ1n) is 13.3. The first-order valence-corrected chi connectivity index (χ1v) is 15.0. The van der Waals surface area contributed by atoms with Crippen molar-refractivity contribution >= 4 is 81.5 Å². The fraction of sp³-hybridized carbons (Fsp3) is 0.125. The summed E-state index contributed by atoms with van der Waals surface area (Å²) in [4.78, 5) is 28.8. The first-order chi connectivity index (χ1) is 20.7. The van der Waals surface area contributed by atoms with Gasteiger partial charge in [-0.15, -0.1) is 25.3 Å². The fourth-order valence-electron chi connectivity index (χ4n) is 4.09. The molecular formula is C32H30N4O3S4. The van der Waals surface area contributed by atoms with E-state index in [1.807, 2.05) is 60.7 Å². The van der Waals surface area contributed by atoms with Gasteiger partial charge in [-0.3, -0.25) is 9.59 Å². The molecule has 0 saturated carbocycles. The van der Waals surface area contributed by atoms with Crippen LogP contribution in [-0.2, 0) is 22.7 Å². The third kappa shape index (κ3) is 10.7. The number of carbonyl (C=O) groups is 2. The molecule has 0 spiro atoms. The highest BCUT2D eigenvalue weighted by atomic mass is 32.1. The topological polar surface area (TPSA) is 73.9 Å². The van der Waals surface area contributed by atoms with Crippen LogP contribution in [0.3, 0.4) is 0 Å². The zero-order valence-corrected chi connectivity index (χ0v) is 26.5. The van der Waals surface area contributed by atoms with Crippen LogP contribution in [0.4, 0.5) is 11.4 Å². The number of ether oxygens (including phenoxy) is 1. The summed E-state index contributed by atoms with van der Waals surface area (Å²) in [6.07, 6.45) is 0. The maximum absolute atomic E-state index is 12.7. The molecule has 0 atom stereocenters. The summed E-state index contributed by atoms with van der Waals surface area (Å²) in [5.74, 6) is 0.766. The van der Waals surface area contributed by atoms with Gasteiger partial charge in [0, 0.05) is 24.5 Å². The largest absolute Gasteiger partial charge is 0.457 e. The van der Waals surface area contributed by atoms with Gasteiger partial charge in [0.1, 0.15) is 20.1 Å². The van der Waals surface area contributed by atoms with Crippen molar-refractivity contribution in [2.75, 3.05) is 23.7 Å².